The molecule has 0 saturated carbocycles. The van der Waals surface area contributed by atoms with E-state index in [9.17, 15) is 4.79 Å². The van der Waals surface area contributed by atoms with E-state index >= 15 is 0 Å². The zero-order valence-corrected chi connectivity index (χ0v) is 13.7. The highest BCUT2D eigenvalue weighted by molar-refractivity contribution is 5.93. The van der Waals surface area contributed by atoms with Crippen LogP contribution in [0.5, 0.6) is 0 Å². The molecular weight excluding hydrogens is 286 g/mol. The monoisotopic (exact) mass is 309 g/mol. The van der Waals surface area contributed by atoms with E-state index in [0.717, 1.165) is 25.1 Å². The fourth-order valence-electron chi connectivity index (χ4n) is 2.90. The van der Waals surface area contributed by atoms with E-state index in [4.69, 9.17) is 0 Å². The molecule has 0 atom stereocenters. The van der Waals surface area contributed by atoms with E-state index in [1.165, 1.54) is 11.3 Å². The van der Waals surface area contributed by atoms with Crippen LogP contribution in [0.3, 0.4) is 0 Å². The lowest BCUT2D eigenvalue weighted by Crippen LogP contribution is -2.29. The van der Waals surface area contributed by atoms with E-state index in [0.29, 0.717) is 18.2 Å². The van der Waals surface area contributed by atoms with Crippen molar-refractivity contribution in [3.8, 4) is 0 Å². The first-order valence-electron chi connectivity index (χ1n) is 8.25. The number of rotatable bonds is 4. The van der Waals surface area contributed by atoms with E-state index in [-0.39, 0.29) is 5.91 Å². The molecule has 4 nitrogen and oxygen atoms in total. The van der Waals surface area contributed by atoms with Gasteiger partial charge in [-0.3, -0.25) is 9.78 Å². The second-order valence-corrected chi connectivity index (χ2v) is 6.39. The highest BCUT2D eigenvalue weighted by Gasteiger charge is 2.19. The average Bonchev–Trinajstić information content (AvgIpc) is 2.59. The summed E-state index contributed by atoms with van der Waals surface area (Å²) in [6.07, 6.45) is 3.95. The van der Waals surface area contributed by atoms with Crippen LogP contribution >= 0.6 is 0 Å². The fourth-order valence-corrected chi connectivity index (χ4v) is 2.90. The number of para-hydroxylation sites is 1. The fraction of sp³-hybridized carbons (Fsp3) is 0.368. The molecule has 1 aliphatic heterocycles. The van der Waals surface area contributed by atoms with Gasteiger partial charge in [0.25, 0.3) is 5.91 Å². The van der Waals surface area contributed by atoms with Gasteiger partial charge in [0, 0.05) is 30.7 Å². The SMILES string of the molecule is CC(C)CNC(=O)c1cc(N2CCCc3ccccc32)ccn1. The van der Waals surface area contributed by atoms with Crippen molar-refractivity contribution >= 4 is 17.3 Å². The van der Waals surface area contributed by atoms with E-state index in [1.807, 2.05) is 12.1 Å². The molecular formula is C19H23N3O. The number of hydrogen-bond acceptors (Lipinski definition) is 3. The van der Waals surface area contributed by atoms with Crippen molar-refractivity contribution < 1.29 is 4.79 Å². The topological polar surface area (TPSA) is 45.2 Å². The van der Waals surface area contributed by atoms with Crippen LogP contribution in [-0.4, -0.2) is 24.0 Å². The Labute approximate surface area is 137 Å². The molecule has 1 N–H and O–H groups in total. The normalized spacial score (nSPS) is 13.8. The van der Waals surface area contributed by atoms with Gasteiger partial charge in [-0.15, -0.1) is 0 Å². The molecule has 1 aromatic carbocycles. The summed E-state index contributed by atoms with van der Waals surface area (Å²) in [5.41, 5.74) is 4.10. The third-order valence-corrected chi connectivity index (χ3v) is 4.07. The Bertz CT molecular complexity index is 697. The zero-order valence-electron chi connectivity index (χ0n) is 13.7. The van der Waals surface area contributed by atoms with Crippen LogP contribution in [0.25, 0.3) is 0 Å². The molecule has 23 heavy (non-hydrogen) atoms. The van der Waals surface area contributed by atoms with Gasteiger partial charge in [0.15, 0.2) is 0 Å². The molecule has 4 heteroatoms. The molecule has 2 aromatic rings. The number of carbonyl (C=O) groups excluding carboxylic acids is 1. The van der Waals surface area contributed by atoms with Crippen molar-refractivity contribution in [1.29, 1.82) is 0 Å². The Kier molecular flexibility index (Phi) is 4.60. The maximum Gasteiger partial charge on any atom is 0.269 e. The van der Waals surface area contributed by atoms with Crippen LogP contribution in [0.2, 0.25) is 0 Å². The van der Waals surface area contributed by atoms with Crippen molar-refractivity contribution in [2.75, 3.05) is 18.0 Å². The summed E-state index contributed by atoms with van der Waals surface area (Å²) in [7, 11) is 0. The van der Waals surface area contributed by atoms with Gasteiger partial charge in [-0.25, -0.2) is 0 Å². The molecule has 0 aliphatic carbocycles. The number of amides is 1. The van der Waals surface area contributed by atoms with Gasteiger partial charge in [-0.2, -0.15) is 0 Å². The Balaban J connectivity index is 1.85. The van der Waals surface area contributed by atoms with E-state index in [2.05, 4.69) is 53.3 Å². The lowest BCUT2D eigenvalue weighted by Gasteiger charge is -2.31. The molecule has 0 spiro atoms. The van der Waals surface area contributed by atoms with Crippen LogP contribution in [0.1, 0.15) is 36.3 Å². The van der Waals surface area contributed by atoms with Crippen molar-refractivity contribution in [3.63, 3.8) is 0 Å². The number of benzene rings is 1. The number of pyridine rings is 1. The third-order valence-electron chi connectivity index (χ3n) is 4.07. The predicted molar refractivity (Wildman–Crippen MR) is 93.2 cm³/mol. The molecule has 1 aliphatic rings. The van der Waals surface area contributed by atoms with Crippen LogP contribution in [-0.2, 0) is 6.42 Å². The second kappa shape index (κ2) is 6.82. The molecule has 0 saturated heterocycles. The molecule has 0 fully saturated rings. The van der Waals surface area contributed by atoms with Gasteiger partial charge in [-0.1, -0.05) is 32.0 Å². The quantitative estimate of drug-likeness (QED) is 0.939. The van der Waals surface area contributed by atoms with E-state index < -0.39 is 0 Å². The summed E-state index contributed by atoms with van der Waals surface area (Å²) in [5, 5.41) is 2.93. The third kappa shape index (κ3) is 3.52. The molecule has 0 unspecified atom stereocenters. The maximum absolute atomic E-state index is 12.2. The summed E-state index contributed by atoms with van der Waals surface area (Å²) in [6.45, 7) is 5.79. The molecule has 0 radical (unpaired) electrons. The number of hydrogen-bond donors (Lipinski definition) is 1. The first kappa shape index (κ1) is 15.5. The predicted octanol–water partition coefficient (Wildman–Crippen LogP) is 3.55. The van der Waals surface area contributed by atoms with Gasteiger partial charge >= 0.3 is 0 Å². The largest absolute Gasteiger partial charge is 0.350 e. The minimum atomic E-state index is -0.106. The number of aromatic nitrogens is 1. The highest BCUT2D eigenvalue weighted by atomic mass is 16.1. The number of nitrogens with one attached hydrogen (secondary N) is 1. The Morgan fingerprint density at radius 1 is 1.30 bits per heavy atom. The van der Waals surface area contributed by atoms with Crippen LogP contribution in [0, 0.1) is 5.92 Å². The van der Waals surface area contributed by atoms with E-state index in [1.54, 1.807) is 6.20 Å². The number of anilines is 2. The lowest BCUT2D eigenvalue weighted by atomic mass is 10.0. The molecule has 1 amide bonds. The molecule has 120 valence electrons. The summed E-state index contributed by atoms with van der Waals surface area (Å²) in [6, 6.07) is 12.3. The number of aryl methyl sites for hydroxylation is 1. The second-order valence-electron chi connectivity index (χ2n) is 6.39. The van der Waals surface area contributed by atoms with Crippen LogP contribution in [0.15, 0.2) is 42.6 Å². The van der Waals surface area contributed by atoms with Crippen LogP contribution in [0.4, 0.5) is 11.4 Å². The Hall–Kier alpha value is -2.36. The number of nitrogens with zero attached hydrogens (tertiary/aromatic N) is 2. The smallest absolute Gasteiger partial charge is 0.269 e. The van der Waals surface area contributed by atoms with Crippen molar-refractivity contribution in [2.24, 2.45) is 5.92 Å². The molecule has 0 bridgehead atoms. The van der Waals surface area contributed by atoms with Crippen molar-refractivity contribution in [1.82, 2.24) is 10.3 Å². The number of fused-ring (bicyclic) bond motifs is 1. The molecule has 2 heterocycles. The van der Waals surface area contributed by atoms with Gasteiger partial charge in [0.2, 0.25) is 0 Å². The zero-order chi connectivity index (χ0) is 16.2. The minimum Gasteiger partial charge on any atom is -0.350 e. The van der Waals surface area contributed by atoms with Crippen molar-refractivity contribution in [3.05, 3.63) is 53.9 Å². The lowest BCUT2D eigenvalue weighted by molar-refractivity contribution is 0.0944. The number of carbonyl (C=O) groups is 1. The average molecular weight is 309 g/mol. The van der Waals surface area contributed by atoms with Gasteiger partial charge in [-0.05, 0) is 42.5 Å². The van der Waals surface area contributed by atoms with Crippen LogP contribution < -0.4 is 10.2 Å². The van der Waals surface area contributed by atoms with Gasteiger partial charge in [0.1, 0.15) is 5.69 Å². The summed E-state index contributed by atoms with van der Waals surface area (Å²) in [5.74, 6) is 0.321. The minimum absolute atomic E-state index is 0.106. The molecule has 1 aromatic heterocycles. The van der Waals surface area contributed by atoms with Gasteiger partial charge < -0.3 is 10.2 Å². The summed E-state index contributed by atoms with van der Waals surface area (Å²) in [4.78, 5) is 18.7. The van der Waals surface area contributed by atoms with Crippen molar-refractivity contribution in [2.45, 2.75) is 26.7 Å². The van der Waals surface area contributed by atoms with Gasteiger partial charge in [0.05, 0.1) is 0 Å². The molecule has 3 rings (SSSR count). The highest BCUT2D eigenvalue weighted by Crippen LogP contribution is 2.33. The maximum atomic E-state index is 12.2. The first-order valence-corrected chi connectivity index (χ1v) is 8.25. The Morgan fingerprint density at radius 2 is 2.13 bits per heavy atom. The summed E-state index contributed by atoms with van der Waals surface area (Å²) < 4.78 is 0. The standard InChI is InChI=1S/C19H23N3O/c1-14(2)13-21-19(23)17-12-16(9-10-20-17)22-11-5-7-15-6-3-4-8-18(15)22/h3-4,6,8-10,12,14H,5,7,11,13H2,1-2H3,(H,21,23). The Morgan fingerprint density at radius 3 is 2.96 bits per heavy atom. The first-order chi connectivity index (χ1) is 11.1. The summed E-state index contributed by atoms with van der Waals surface area (Å²) >= 11 is 0.